The van der Waals surface area contributed by atoms with E-state index in [0.717, 1.165) is 30.8 Å². The molecular weight excluding hydrogens is 162 g/mol. The quantitative estimate of drug-likeness (QED) is 0.766. The van der Waals surface area contributed by atoms with E-state index in [1.807, 2.05) is 11.5 Å². The van der Waals surface area contributed by atoms with E-state index in [0.29, 0.717) is 5.69 Å². The maximum atomic E-state index is 8.83. The summed E-state index contributed by atoms with van der Waals surface area (Å²) in [6, 6.07) is 3.91. The zero-order valence-electron chi connectivity index (χ0n) is 8.17. The van der Waals surface area contributed by atoms with Crippen LogP contribution in [0.5, 0.6) is 0 Å². The molecule has 3 heteroatoms. The Balaban J connectivity index is 3.16. The maximum Gasteiger partial charge on any atom is 0.122 e. The van der Waals surface area contributed by atoms with Crippen molar-refractivity contribution < 1.29 is 0 Å². The van der Waals surface area contributed by atoms with Crippen molar-refractivity contribution in [3.63, 3.8) is 0 Å². The van der Waals surface area contributed by atoms with Crippen LogP contribution in [0.25, 0.3) is 0 Å². The lowest BCUT2D eigenvalue weighted by Crippen LogP contribution is -2.04. The first kappa shape index (κ1) is 9.66. The summed E-state index contributed by atoms with van der Waals surface area (Å²) in [4.78, 5) is 0. The van der Waals surface area contributed by atoms with Gasteiger partial charge in [-0.25, -0.2) is 0 Å². The number of nitrogens with two attached hydrogens (primary N) is 1. The van der Waals surface area contributed by atoms with Crippen molar-refractivity contribution in [1.29, 1.82) is 5.26 Å². The van der Waals surface area contributed by atoms with E-state index in [1.165, 1.54) is 0 Å². The smallest absolute Gasteiger partial charge is 0.122 e. The number of hydrogen-bond acceptors (Lipinski definition) is 2. The summed E-state index contributed by atoms with van der Waals surface area (Å²) in [5.74, 6) is 0. The number of nitrogen functional groups attached to an aromatic ring is 1. The van der Waals surface area contributed by atoms with Gasteiger partial charge in [0.05, 0.1) is 5.69 Å². The molecule has 0 aliphatic carbocycles. The fraction of sp³-hybridized carbons (Fsp3) is 0.500. The van der Waals surface area contributed by atoms with E-state index in [-0.39, 0.29) is 0 Å². The van der Waals surface area contributed by atoms with Crippen LogP contribution in [0.2, 0.25) is 0 Å². The minimum atomic E-state index is 0.670. The number of nitrogens with zero attached hydrogens (tertiary/aromatic N) is 2. The molecule has 0 atom stereocenters. The van der Waals surface area contributed by atoms with Crippen LogP contribution in [0.15, 0.2) is 6.07 Å². The van der Waals surface area contributed by atoms with Crippen molar-refractivity contribution in [2.45, 2.75) is 33.2 Å². The van der Waals surface area contributed by atoms with Crippen molar-refractivity contribution in [2.24, 2.45) is 0 Å². The molecule has 13 heavy (non-hydrogen) atoms. The molecule has 0 amide bonds. The molecule has 0 aliphatic heterocycles. The number of hydrogen-bond donors (Lipinski definition) is 1. The van der Waals surface area contributed by atoms with Crippen LogP contribution in [0.1, 0.15) is 31.7 Å². The van der Waals surface area contributed by atoms with Gasteiger partial charge in [-0.2, -0.15) is 5.26 Å². The number of rotatable bonds is 3. The predicted octanol–water partition coefficient (Wildman–Crippen LogP) is 1.91. The van der Waals surface area contributed by atoms with Crippen LogP contribution >= 0.6 is 0 Å². The van der Waals surface area contributed by atoms with Gasteiger partial charge in [-0.1, -0.05) is 13.3 Å². The average Bonchev–Trinajstić information content (AvgIpc) is 2.44. The van der Waals surface area contributed by atoms with Gasteiger partial charge in [0.2, 0.25) is 0 Å². The first-order valence-corrected chi connectivity index (χ1v) is 4.62. The molecule has 0 aliphatic rings. The molecule has 0 bridgehead atoms. The van der Waals surface area contributed by atoms with Crippen LogP contribution in [-0.4, -0.2) is 4.57 Å². The van der Waals surface area contributed by atoms with Crippen molar-refractivity contribution in [1.82, 2.24) is 4.57 Å². The Bertz CT molecular complexity index is 331. The molecule has 70 valence electrons. The molecule has 3 nitrogen and oxygen atoms in total. The van der Waals surface area contributed by atoms with Crippen LogP contribution < -0.4 is 5.73 Å². The van der Waals surface area contributed by atoms with E-state index in [9.17, 15) is 0 Å². The van der Waals surface area contributed by atoms with Crippen LogP contribution in [0.4, 0.5) is 5.69 Å². The molecule has 0 saturated heterocycles. The van der Waals surface area contributed by atoms with Crippen LogP contribution in [0, 0.1) is 11.3 Å². The third kappa shape index (κ3) is 1.67. The second kappa shape index (κ2) is 3.99. The topological polar surface area (TPSA) is 54.7 Å². The largest absolute Gasteiger partial charge is 0.397 e. The fourth-order valence-electron chi connectivity index (χ4n) is 1.58. The molecule has 0 aromatic carbocycles. The van der Waals surface area contributed by atoms with Gasteiger partial charge in [0.25, 0.3) is 0 Å². The van der Waals surface area contributed by atoms with Crippen molar-refractivity contribution in [2.75, 3.05) is 5.73 Å². The number of nitriles is 1. The second-order valence-electron chi connectivity index (χ2n) is 3.04. The lowest BCUT2D eigenvalue weighted by molar-refractivity contribution is 0.695. The van der Waals surface area contributed by atoms with Gasteiger partial charge in [0.1, 0.15) is 11.8 Å². The molecule has 0 fully saturated rings. The van der Waals surface area contributed by atoms with Crippen molar-refractivity contribution in [3.05, 3.63) is 17.5 Å². The average molecular weight is 177 g/mol. The monoisotopic (exact) mass is 177 g/mol. The van der Waals surface area contributed by atoms with Crippen LogP contribution in [0.3, 0.4) is 0 Å². The summed E-state index contributed by atoms with van der Waals surface area (Å²) in [6.45, 7) is 4.95. The molecule has 0 radical (unpaired) electrons. The van der Waals surface area contributed by atoms with Gasteiger partial charge < -0.3 is 10.3 Å². The van der Waals surface area contributed by atoms with Gasteiger partial charge >= 0.3 is 0 Å². The first-order valence-electron chi connectivity index (χ1n) is 4.62. The SMILES string of the molecule is CCCc1c(N)cc(C#N)n1CC. The number of anilines is 1. The van der Waals surface area contributed by atoms with E-state index >= 15 is 0 Å². The molecule has 1 heterocycles. The van der Waals surface area contributed by atoms with Gasteiger partial charge in [0.15, 0.2) is 0 Å². The highest BCUT2D eigenvalue weighted by molar-refractivity contribution is 5.50. The molecule has 1 aromatic heterocycles. The zero-order chi connectivity index (χ0) is 9.84. The summed E-state index contributed by atoms with van der Waals surface area (Å²) in [5.41, 5.74) is 8.33. The normalized spacial score (nSPS) is 9.92. The van der Waals surface area contributed by atoms with E-state index in [4.69, 9.17) is 11.0 Å². The predicted molar refractivity (Wildman–Crippen MR) is 53.2 cm³/mol. The maximum absolute atomic E-state index is 8.83. The highest BCUT2D eigenvalue weighted by atomic mass is 15.0. The lowest BCUT2D eigenvalue weighted by Gasteiger charge is -2.06. The van der Waals surface area contributed by atoms with E-state index < -0.39 is 0 Å². The Morgan fingerprint density at radius 3 is 2.69 bits per heavy atom. The summed E-state index contributed by atoms with van der Waals surface area (Å²) in [7, 11) is 0. The zero-order valence-corrected chi connectivity index (χ0v) is 8.17. The minimum absolute atomic E-state index is 0.670. The Kier molecular flexibility index (Phi) is 2.97. The summed E-state index contributed by atoms with van der Waals surface area (Å²) < 4.78 is 1.98. The molecule has 0 unspecified atom stereocenters. The summed E-state index contributed by atoms with van der Waals surface area (Å²) in [6.07, 6.45) is 2.00. The Morgan fingerprint density at radius 1 is 1.54 bits per heavy atom. The fourth-order valence-corrected chi connectivity index (χ4v) is 1.58. The van der Waals surface area contributed by atoms with E-state index in [1.54, 1.807) is 6.07 Å². The molecular formula is C10H15N3. The minimum Gasteiger partial charge on any atom is -0.397 e. The molecule has 1 rings (SSSR count). The molecule has 0 spiro atoms. The highest BCUT2D eigenvalue weighted by Gasteiger charge is 2.09. The third-order valence-corrected chi connectivity index (χ3v) is 2.16. The van der Waals surface area contributed by atoms with Gasteiger partial charge in [0, 0.05) is 12.2 Å². The summed E-state index contributed by atoms with van der Waals surface area (Å²) >= 11 is 0. The first-order chi connectivity index (χ1) is 6.24. The number of aromatic nitrogens is 1. The molecule has 2 N–H and O–H groups in total. The second-order valence-corrected chi connectivity index (χ2v) is 3.04. The molecule has 0 saturated carbocycles. The van der Waals surface area contributed by atoms with Crippen molar-refractivity contribution in [3.8, 4) is 6.07 Å². The summed E-state index contributed by atoms with van der Waals surface area (Å²) in [5, 5.41) is 8.83. The highest BCUT2D eigenvalue weighted by Crippen LogP contribution is 2.19. The van der Waals surface area contributed by atoms with Crippen molar-refractivity contribution >= 4 is 5.69 Å². The van der Waals surface area contributed by atoms with Gasteiger partial charge in [-0.3, -0.25) is 0 Å². The van der Waals surface area contributed by atoms with Gasteiger partial charge in [-0.05, 0) is 19.4 Å². The Labute approximate surface area is 78.8 Å². The van der Waals surface area contributed by atoms with Crippen LogP contribution in [-0.2, 0) is 13.0 Å². The standard InChI is InChI=1S/C10H15N3/c1-3-5-10-9(12)6-8(7-11)13(10)4-2/h6H,3-5,12H2,1-2H3. The third-order valence-electron chi connectivity index (χ3n) is 2.16. The lowest BCUT2D eigenvalue weighted by atomic mass is 10.2. The van der Waals surface area contributed by atoms with E-state index in [2.05, 4.69) is 13.0 Å². The Hall–Kier alpha value is -1.43. The van der Waals surface area contributed by atoms with Gasteiger partial charge in [-0.15, -0.1) is 0 Å². The Morgan fingerprint density at radius 2 is 2.23 bits per heavy atom. The molecule has 1 aromatic rings.